The number of nitrogens with zero attached hydrogens (tertiary/aromatic N) is 1. The molecule has 3 aliphatic rings. The first kappa shape index (κ1) is 11.8. The van der Waals surface area contributed by atoms with Crippen molar-refractivity contribution in [3.63, 3.8) is 0 Å². The molecule has 1 saturated carbocycles. The molecule has 0 radical (unpaired) electrons. The van der Waals surface area contributed by atoms with Crippen molar-refractivity contribution in [3.05, 3.63) is 12.2 Å². The van der Waals surface area contributed by atoms with Crippen LogP contribution < -0.4 is 0 Å². The summed E-state index contributed by atoms with van der Waals surface area (Å²) in [5.41, 5.74) is 0. The quantitative estimate of drug-likeness (QED) is 0.752. The Morgan fingerprint density at radius 3 is 2.44 bits per heavy atom. The van der Waals surface area contributed by atoms with Crippen LogP contribution >= 0.6 is 0 Å². The molecule has 4 heteroatoms. The van der Waals surface area contributed by atoms with Crippen LogP contribution in [-0.2, 0) is 9.59 Å². The SMILES string of the molecule is C[C@@H]1CN(C(=O)C2CC3C=CC2C3)C[C@H]1C(=O)O. The molecule has 1 heterocycles. The largest absolute Gasteiger partial charge is 0.481 e. The van der Waals surface area contributed by atoms with Crippen LogP contribution in [0.15, 0.2) is 12.2 Å². The third kappa shape index (κ3) is 1.74. The minimum atomic E-state index is -0.773. The van der Waals surface area contributed by atoms with Crippen molar-refractivity contribution in [1.29, 1.82) is 0 Å². The lowest BCUT2D eigenvalue weighted by Crippen LogP contribution is -2.36. The maximum absolute atomic E-state index is 12.5. The molecule has 0 spiro atoms. The molecule has 3 rings (SSSR count). The number of hydrogen-bond acceptors (Lipinski definition) is 2. The van der Waals surface area contributed by atoms with Gasteiger partial charge in [0.25, 0.3) is 0 Å². The van der Waals surface area contributed by atoms with Crippen LogP contribution in [0.4, 0.5) is 0 Å². The molecule has 2 bridgehead atoms. The zero-order valence-corrected chi connectivity index (χ0v) is 10.6. The van der Waals surface area contributed by atoms with Gasteiger partial charge in [0.1, 0.15) is 0 Å². The number of likely N-dealkylation sites (tertiary alicyclic amines) is 1. The van der Waals surface area contributed by atoms with Crippen molar-refractivity contribution >= 4 is 11.9 Å². The average Bonchev–Trinajstić information content (AvgIpc) is 3.01. The van der Waals surface area contributed by atoms with E-state index >= 15 is 0 Å². The molecule has 4 nitrogen and oxygen atoms in total. The van der Waals surface area contributed by atoms with Gasteiger partial charge in [0.2, 0.25) is 5.91 Å². The number of rotatable bonds is 2. The third-order valence-corrected chi connectivity index (χ3v) is 4.84. The van der Waals surface area contributed by atoms with Gasteiger partial charge in [-0.15, -0.1) is 0 Å². The fraction of sp³-hybridized carbons (Fsp3) is 0.714. The molecule has 0 aromatic carbocycles. The summed E-state index contributed by atoms with van der Waals surface area (Å²) in [5, 5.41) is 9.10. The summed E-state index contributed by atoms with van der Waals surface area (Å²) in [6, 6.07) is 0. The van der Waals surface area contributed by atoms with Gasteiger partial charge in [0.05, 0.1) is 5.92 Å². The van der Waals surface area contributed by atoms with Gasteiger partial charge in [-0.05, 0) is 30.6 Å². The number of fused-ring (bicyclic) bond motifs is 2. The van der Waals surface area contributed by atoms with E-state index in [-0.39, 0.29) is 23.7 Å². The van der Waals surface area contributed by atoms with E-state index in [0.717, 1.165) is 12.8 Å². The fourth-order valence-electron chi connectivity index (χ4n) is 3.77. The van der Waals surface area contributed by atoms with E-state index in [1.165, 1.54) is 0 Å². The first-order valence-corrected chi connectivity index (χ1v) is 6.76. The molecule has 1 aliphatic heterocycles. The van der Waals surface area contributed by atoms with E-state index in [2.05, 4.69) is 12.2 Å². The van der Waals surface area contributed by atoms with Crippen molar-refractivity contribution < 1.29 is 14.7 Å². The van der Waals surface area contributed by atoms with Crippen LogP contribution in [0.3, 0.4) is 0 Å². The number of amides is 1. The number of carboxylic acids is 1. The van der Waals surface area contributed by atoms with Crippen molar-refractivity contribution in [2.45, 2.75) is 19.8 Å². The summed E-state index contributed by atoms with van der Waals surface area (Å²) in [5.74, 6) is 0.192. The number of hydrogen-bond donors (Lipinski definition) is 1. The van der Waals surface area contributed by atoms with Crippen LogP contribution in [-0.4, -0.2) is 35.0 Å². The summed E-state index contributed by atoms with van der Waals surface area (Å²) in [6.45, 7) is 2.92. The molecule has 3 unspecified atom stereocenters. The van der Waals surface area contributed by atoms with Crippen LogP contribution in [0.1, 0.15) is 19.8 Å². The van der Waals surface area contributed by atoms with Gasteiger partial charge in [-0.1, -0.05) is 19.1 Å². The second-order valence-electron chi connectivity index (χ2n) is 6.05. The second kappa shape index (κ2) is 4.11. The zero-order chi connectivity index (χ0) is 12.9. The average molecular weight is 249 g/mol. The molecule has 18 heavy (non-hydrogen) atoms. The Morgan fingerprint density at radius 1 is 1.17 bits per heavy atom. The minimum Gasteiger partial charge on any atom is -0.481 e. The van der Waals surface area contributed by atoms with Crippen molar-refractivity contribution in [3.8, 4) is 0 Å². The van der Waals surface area contributed by atoms with Gasteiger partial charge in [0.15, 0.2) is 0 Å². The van der Waals surface area contributed by atoms with E-state index in [4.69, 9.17) is 5.11 Å². The predicted octanol–water partition coefficient (Wildman–Crippen LogP) is 1.38. The molecule has 0 aromatic heterocycles. The van der Waals surface area contributed by atoms with E-state index in [9.17, 15) is 9.59 Å². The fourth-order valence-corrected chi connectivity index (χ4v) is 3.77. The Balaban J connectivity index is 1.68. The van der Waals surface area contributed by atoms with Gasteiger partial charge in [0, 0.05) is 19.0 Å². The highest BCUT2D eigenvalue weighted by molar-refractivity contribution is 5.82. The normalized spacial score (nSPS) is 41.6. The van der Waals surface area contributed by atoms with Gasteiger partial charge in [-0.2, -0.15) is 0 Å². The maximum atomic E-state index is 12.5. The standard InChI is InChI=1S/C14H19NO3/c1-8-6-15(7-12(8)14(17)18)13(16)11-5-9-2-3-10(11)4-9/h2-3,8-12H,4-7H2,1H3,(H,17,18)/t8-,9?,10?,11?,12-/m1/s1. The monoisotopic (exact) mass is 249 g/mol. The minimum absolute atomic E-state index is 0.0700. The highest BCUT2D eigenvalue weighted by Crippen LogP contribution is 2.44. The second-order valence-corrected chi connectivity index (χ2v) is 6.05. The van der Waals surface area contributed by atoms with Gasteiger partial charge in [-0.25, -0.2) is 0 Å². The molecule has 1 amide bonds. The Hall–Kier alpha value is -1.32. The number of carbonyl (C=O) groups excluding carboxylic acids is 1. The Morgan fingerprint density at radius 2 is 1.94 bits per heavy atom. The molecular weight excluding hydrogens is 230 g/mol. The molecule has 5 atom stereocenters. The number of allylic oxidation sites excluding steroid dienone is 2. The van der Waals surface area contributed by atoms with Crippen molar-refractivity contribution in [2.24, 2.45) is 29.6 Å². The highest BCUT2D eigenvalue weighted by Gasteiger charge is 2.44. The topological polar surface area (TPSA) is 57.6 Å². The smallest absolute Gasteiger partial charge is 0.308 e. The summed E-state index contributed by atoms with van der Waals surface area (Å²) < 4.78 is 0. The van der Waals surface area contributed by atoms with Crippen molar-refractivity contribution in [1.82, 2.24) is 4.90 Å². The molecule has 2 fully saturated rings. The first-order valence-electron chi connectivity index (χ1n) is 6.76. The Kier molecular flexibility index (Phi) is 2.68. The Bertz CT molecular complexity index is 417. The lowest BCUT2D eigenvalue weighted by atomic mass is 9.92. The first-order chi connectivity index (χ1) is 8.56. The molecule has 1 N–H and O–H groups in total. The Labute approximate surface area is 107 Å². The third-order valence-electron chi connectivity index (χ3n) is 4.84. The zero-order valence-electron chi connectivity index (χ0n) is 10.6. The molecule has 0 aromatic rings. The predicted molar refractivity (Wildman–Crippen MR) is 65.7 cm³/mol. The maximum Gasteiger partial charge on any atom is 0.308 e. The number of carboxylic acid groups (broad SMARTS) is 1. The van der Waals surface area contributed by atoms with E-state index in [1.807, 2.05) is 6.92 Å². The van der Waals surface area contributed by atoms with Gasteiger partial charge < -0.3 is 10.0 Å². The number of carbonyl (C=O) groups is 2. The summed E-state index contributed by atoms with van der Waals surface area (Å²) in [6.07, 6.45) is 6.47. The molecule has 98 valence electrons. The summed E-state index contributed by atoms with van der Waals surface area (Å²) in [4.78, 5) is 25.3. The molecule has 1 saturated heterocycles. The van der Waals surface area contributed by atoms with E-state index in [0.29, 0.717) is 24.9 Å². The van der Waals surface area contributed by atoms with E-state index < -0.39 is 5.97 Å². The molecule has 2 aliphatic carbocycles. The van der Waals surface area contributed by atoms with Crippen LogP contribution in [0.5, 0.6) is 0 Å². The van der Waals surface area contributed by atoms with E-state index in [1.54, 1.807) is 4.90 Å². The number of aliphatic carboxylic acids is 1. The highest BCUT2D eigenvalue weighted by atomic mass is 16.4. The lowest BCUT2D eigenvalue weighted by Gasteiger charge is -2.24. The van der Waals surface area contributed by atoms with Crippen LogP contribution in [0.2, 0.25) is 0 Å². The van der Waals surface area contributed by atoms with Crippen LogP contribution in [0.25, 0.3) is 0 Å². The lowest BCUT2D eigenvalue weighted by molar-refractivity contribution is -0.142. The summed E-state index contributed by atoms with van der Waals surface area (Å²) >= 11 is 0. The molecular formula is C14H19NO3. The van der Waals surface area contributed by atoms with Gasteiger partial charge in [-0.3, -0.25) is 9.59 Å². The van der Waals surface area contributed by atoms with Gasteiger partial charge >= 0.3 is 5.97 Å². The van der Waals surface area contributed by atoms with Crippen LogP contribution in [0, 0.1) is 29.6 Å². The summed E-state index contributed by atoms with van der Waals surface area (Å²) in [7, 11) is 0. The van der Waals surface area contributed by atoms with Crippen molar-refractivity contribution in [2.75, 3.05) is 13.1 Å².